The molecule has 1 aliphatic heterocycles. The van der Waals surface area contributed by atoms with Gasteiger partial charge in [0, 0.05) is 24.9 Å². The Labute approximate surface area is 94.0 Å². The third-order valence-electron chi connectivity index (χ3n) is 3.06. The lowest BCUT2D eigenvalue weighted by Gasteiger charge is -2.08. The number of anilines is 1. The van der Waals surface area contributed by atoms with E-state index in [0.29, 0.717) is 6.10 Å². The number of nitrogens with zero attached hydrogens (tertiary/aromatic N) is 2. The van der Waals surface area contributed by atoms with Crippen LogP contribution in [0.15, 0.2) is 24.5 Å². The number of fused-ring (bicyclic) bond motifs is 1. The molecule has 0 radical (unpaired) electrons. The Balaban J connectivity index is 1.93. The summed E-state index contributed by atoms with van der Waals surface area (Å²) < 4.78 is 7.67. The molecule has 3 heterocycles. The number of hydrogen-bond donors (Lipinski definition) is 1. The minimum atomic E-state index is 0.326. The zero-order valence-corrected chi connectivity index (χ0v) is 9.10. The van der Waals surface area contributed by atoms with Gasteiger partial charge in [0.05, 0.1) is 17.8 Å². The molecule has 2 N–H and O–H groups in total. The maximum absolute atomic E-state index is 5.78. The Morgan fingerprint density at radius 3 is 3.25 bits per heavy atom. The van der Waals surface area contributed by atoms with E-state index < -0.39 is 0 Å². The SMILES string of the molecule is Nc1ccc2cnc(CC3CCCO3)n2c1. The van der Waals surface area contributed by atoms with E-state index in [2.05, 4.69) is 9.38 Å². The molecule has 0 saturated carbocycles. The van der Waals surface area contributed by atoms with Crippen LogP contribution in [0, 0.1) is 0 Å². The molecule has 16 heavy (non-hydrogen) atoms. The molecule has 4 nitrogen and oxygen atoms in total. The summed E-state index contributed by atoms with van der Waals surface area (Å²) >= 11 is 0. The van der Waals surface area contributed by atoms with Crippen LogP contribution in [0.25, 0.3) is 5.52 Å². The lowest BCUT2D eigenvalue weighted by molar-refractivity contribution is 0.110. The van der Waals surface area contributed by atoms with E-state index in [1.807, 2.05) is 24.5 Å². The molecule has 0 amide bonds. The second-order valence-electron chi connectivity index (χ2n) is 4.27. The summed E-state index contributed by atoms with van der Waals surface area (Å²) in [5, 5.41) is 0. The normalized spacial score (nSPS) is 20.6. The predicted octanol–water partition coefficient (Wildman–Crippen LogP) is 1.64. The van der Waals surface area contributed by atoms with Crippen LogP contribution in [0.2, 0.25) is 0 Å². The van der Waals surface area contributed by atoms with Gasteiger partial charge >= 0.3 is 0 Å². The highest BCUT2D eigenvalue weighted by molar-refractivity contribution is 5.52. The highest BCUT2D eigenvalue weighted by Gasteiger charge is 2.18. The lowest BCUT2D eigenvalue weighted by Crippen LogP contribution is -2.11. The van der Waals surface area contributed by atoms with E-state index >= 15 is 0 Å². The second kappa shape index (κ2) is 3.79. The molecule has 0 bridgehead atoms. The minimum absolute atomic E-state index is 0.326. The lowest BCUT2D eigenvalue weighted by atomic mass is 10.2. The highest BCUT2D eigenvalue weighted by atomic mass is 16.5. The molecule has 2 aromatic heterocycles. The van der Waals surface area contributed by atoms with Gasteiger partial charge in [0.25, 0.3) is 0 Å². The third kappa shape index (κ3) is 1.65. The molecule has 1 atom stereocenters. The Kier molecular flexibility index (Phi) is 2.29. The summed E-state index contributed by atoms with van der Waals surface area (Å²) in [6, 6.07) is 3.88. The Hall–Kier alpha value is -1.55. The molecule has 0 spiro atoms. The molecule has 84 valence electrons. The molecule has 3 rings (SSSR count). The van der Waals surface area contributed by atoms with Crippen molar-refractivity contribution < 1.29 is 4.74 Å². The van der Waals surface area contributed by atoms with Crippen molar-refractivity contribution in [3.8, 4) is 0 Å². The van der Waals surface area contributed by atoms with Gasteiger partial charge in [-0.05, 0) is 25.0 Å². The van der Waals surface area contributed by atoms with Crippen LogP contribution in [0.5, 0.6) is 0 Å². The summed E-state index contributed by atoms with van der Waals surface area (Å²) in [5.41, 5.74) is 7.63. The topological polar surface area (TPSA) is 52.5 Å². The van der Waals surface area contributed by atoms with Gasteiger partial charge in [0.1, 0.15) is 5.82 Å². The first-order valence-corrected chi connectivity index (χ1v) is 5.66. The fraction of sp³-hybridized carbons (Fsp3) is 0.417. The fourth-order valence-electron chi connectivity index (χ4n) is 2.22. The van der Waals surface area contributed by atoms with Crippen LogP contribution in [-0.2, 0) is 11.2 Å². The Morgan fingerprint density at radius 2 is 2.44 bits per heavy atom. The predicted molar refractivity (Wildman–Crippen MR) is 62.3 cm³/mol. The van der Waals surface area contributed by atoms with Crippen LogP contribution in [-0.4, -0.2) is 22.1 Å². The van der Waals surface area contributed by atoms with E-state index in [1.165, 1.54) is 0 Å². The van der Waals surface area contributed by atoms with Gasteiger partial charge in [-0.3, -0.25) is 0 Å². The zero-order chi connectivity index (χ0) is 11.0. The molecule has 0 aromatic carbocycles. The zero-order valence-electron chi connectivity index (χ0n) is 9.10. The first-order valence-electron chi connectivity index (χ1n) is 5.66. The molecular weight excluding hydrogens is 202 g/mol. The molecular formula is C12H15N3O. The van der Waals surface area contributed by atoms with Gasteiger partial charge in [-0.25, -0.2) is 4.98 Å². The third-order valence-corrected chi connectivity index (χ3v) is 3.06. The summed E-state index contributed by atoms with van der Waals surface area (Å²) in [4.78, 5) is 4.43. The standard InChI is InChI=1S/C12H15N3O/c13-9-3-4-10-7-14-12(15(10)8-9)6-11-2-1-5-16-11/h3-4,7-8,11H,1-2,5-6,13H2. The van der Waals surface area contributed by atoms with Crippen molar-refractivity contribution in [3.05, 3.63) is 30.4 Å². The summed E-state index contributed by atoms with van der Waals surface area (Å²) in [6.45, 7) is 0.885. The van der Waals surface area contributed by atoms with Gasteiger partial charge in [-0.2, -0.15) is 0 Å². The largest absolute Gasteiger partial charge is 0.398 e. The van der Waals surface area contributed by atoms with Gasteiger partial charge in [-0.15, -0.1) is 0 Å². The van der Waals surface area contributed by atoms with Crippen molar-refractivity contribution in [2.45, 2.75) is 25.4 Å². The number of imidazole rings is 1. The van der Waals surface area contributed by atoms with Crippen molar-refractivity contribution >= 4 is 11.2 Å². The highest BCUT2D eigenvalue weighted by Crippen LogP contribution is 2.18. The molecule has 4 heteroatoms. The number of hydrogen-bond acceptors (Lipinski definition) is 3. The first-order chi connectivity index (χ1) is 7.83. The monoisotopic (exact) mass is 217 g/mol. The molecule has 1 saturated heterocycles. The van der Waals surface area contributed by atoms with E-state index in [9.17, 15) is 0 Å². The van der Waals surface area contributed by atoms with E-state index in [-0.39, 0.29) is 0 Å². The smallest absolute Gasteiger partial charge is 0.115 e. The van der Waals surface area contributed by atoms with Crippen molar-refractivity contribution in [2.24, 2.45) is 0 Å². The summed E-state index contributed by atoms with van der Waals surface area (Å²) in [6.07, 6.45) is 7.30. The maximum Gasteiger partial charge on any atom is 0.115 e. The number of aromatic nitrogens is 2. The first kappa shape index (κ1) is 9.66. The van der Waals surface area contributed by atoms with Crippen molar-refractivity contribution in [2.75, 3.05) is 12.3 Å². The Bertz CT molecular complexity index is 500. The van der Waals surface area contributed by atoms with Crippen LogP contribution >= 0.6 is 0 Å². The maximum atomic E-state index is 5.78. The van der Waals surface area contributed by atoms with Gasteiger partial charge in [-0.1, -0.05) is 0 Å². The van der Waals surface area contributed by atoms with E-state index in [0.717, 1.165) is 42.9 Å². The molecule has 1 aliphatic rings. The van der Waals surface area contributed by atoms with Gasteiger partial charge in [0.2, 0.25) is 0 Å². The average molecular weight is 217 g/mol. The number of rotatable bonds is 2. The average Bonchev–Trinajstić information content (AvgIpc) is 2.90. The van der Waals surface area contributed by atoms with Crippen LogP contribution < -0.4 is 5.73 Å². The van der Waals surface area contributed by atoms with Gasteiger partial charge in [0.15, 0.2) is 0 Å². The van der Waals surface area contributed by atoms with Crippen LogP contribution in [0.4, 0.5) is 5.69 Å². The van der Waals surface area contributed by atoms with Crippen molar-refractivity contribution in [1.29, 1.82) is 0 Å². The van der Waals surface area contributed by atoms with Crippen molar-refractivity contribution in [3.63, 3.8) is 0 Å². The van der Waals surface area contributed by atoms with Crippen LogP contribution in [0.1, 0.15) is 18.7 Å². The number of ether oxygens (including phenoxy) is 1. The Morgan fingerprint density at radius 1 is 1.50 bits per heavy atom. The number of nitrogens with two attached hydrogens (primary N) is 1. The minimum Gasteiger partial charge on any atom is -0.398 e. The molecule has 1 fully saturated rings. The second-order valence-corrected chi connectivity index (χ2v) is 4.27. The van der Waals surface area contributed by atoms with E-state index in [1.54, 1.807) is 0 Å². The number of nitrogen functional groups attached to an aromatic ring is 1. The molecule has 1 unspecified atom stereocenters. The summed E-state index contributed by atoms with van der Waals surface area (Å²) in [5.74, 6) is 1.04. The van der Waals surface area contributed by atoms with Crippen molar-refractivity contribution in [1.82, 2.24) is 9.38 Å². The quantitative estimate of drug-likeness (QED) is 0.832. The summed E-state index contributed by atoms with van der Waals surface area (Å²) in [7, 11) is 0. The molecule has 2 aromatic rings. The van der Waals surface area contributed by atoms with E-state index in [4.69, 9.17) is 10.5 Å². The fourth-order valence-corrected chi connectivity index (χ4v) is 2.22. The van der Waals surface area contributed by atoms with Gasteiger partial charge < -0.3 is 14.9 Å². The number of pyridine rings is 1. The molecule has 0 aliphatic carbocycles. The van der Waals surface area contributed by atoms with Crippen LogP contribution in [0.3, 0.4) is 0 Å².